The predicted octanol–water partition coefficient (Wildman–Crippen LogP) is 33.8. The van der Waals surface area contributed by atoms with E-state index >= 15 is 0 Å². The van der Waals surface area contributed by atoms with Crippen molar-refractivity contribution in [1.29, 1.82) is 0 Å². The van der Waals surface area contributed by atoms with Gasteiger partial charge in [-0.25, -0.2) is 39.9 Å². The molecule has 13 heteroatoms. The van der Waals surface area contributed by atoms with E-state index in [4.69, 9.17) is 57.9 Å². The molecule has 8 aromatic heterocycles. The third-order valence-corrected chi connectivity index (χ3v) is 32.9. The van der Waals surface area contributed by atoms with E-state index in [1.165, 1.54) is 102 Å². The maximum absolute atomic E-state index is 6.96. The first-order valence-electron chi connectivity index (χ1n) is 49.6. The zero-order chi connectivity index (χ0) is 94.5. The predicted molar refractivity (Wildman–Crippen MR) is 579 cm³/mol. The van der Waals surface area contributed by atoms with Crippen LogP contribution in [-0.2, 0) is 16.2 Å². The number of nitrogens with zero attached hydrogens (tertiary/aromatic N) is 8. The Morgan fingerprint density at radius 1 is 0.352 bits per heavy atom. The van der Waals surface area contributed by atoms with Crippen LogP contribution in [0.1, 0.15) is 124 Å². The highest BCUT2D eigenvalue weighted by atomic mass is 32.1. The molecule has 25 aromatic rings. The highest BCUT2D eigenvalue weighted by Crippen LogP contribution is 2.64. The standard InChI is InChI=1S/C46H34N2O2.C42H30N2O.C41H28N4OS/c1-46(27-14-3-2-4-15-27)34-21-9-5-16-28(34)41-33(26-39-42(43(41)46)31-19-8-12-24-37(31)50-39)45-47-35-22-10-6-17-29(35)44(48-45)32-20-13-25-38-40(32)30-18-7-11-23-36(30)49-38;1-3-42(2)34-20-11-10-17-29(34)30-22-24-36-37(38(30)42)31-18-12-19-32(40(31)45-36)41-43-35-23-21-28(26-13-6-4-7-14-26)25-33(35)39(44-41)27-15-8-5-9-16-27;1-22(2)41(3)30-13-7-5-11-25(30)26-17-18-27-29-20-23(16-19-32(29)46-37(27)35(26)41)38-44-36(39-42-21-24-10-4-8-14-31(24)43-39)34-28-12-6-9-15-33(28)47-40(34)45-38/h2-7,9-11,13-18,20-23,25-26,31,37H,8,12,19,24H2,1H3;4-25H,3H2,1-2H3;4-22H,1-3H3. The zero-order valence-electron chi connectivity index (χ0n) is 79.1. The highest BCUT2D eigenvalue weighted by Gasteiger charge is 2.51. The molecule has 5 unspecified atom stereocenters. The van der Waals surface area contributed by atoms with Crippen LogP contribution in [0.5, 0.6) is 5.75 Å². The monoisotopic (exact) mass is 1850 g/mol. The van der Waals surface area contributed by atoms with Crippen molar-refractivity contribution >= 4 is 130 Å². The first kappa shape index (κ1) is 83.4. The van der Waals surface area contributed by atoms with Crippen LogP contribution in [0.3, 0.4) is 0 Å². The summed E-state index contributed by atoms with van der Waals surface area (Å²) in [5.41, 5.74) is 35.7. The van der Waals surface area contributed by atoms with Crippen LogP contribution < -0.4 is 4.74 Å². The van der Waals surface area contributed by atoms with Gasteiger partial charge in [0.25, 0.3) is 0 Å². The second-order valence-corrected chi connectivity index (χ2v) is 40.6. The van der Waals surface area contributed by atoms with Crippen molar-refractivity contribution in [2.75, 3.05) is 0 Å². The van der Waals surface area contributed by atoms with Crippen molar-refractivity contribution in [3.8, 4) is 118 Å². The number of furan rings is 3. The molecule has 678 valence electrons. The van der Waals surface area contributed by atoms with E-state index in [0.29, 0.717) is 35.1 Å². The molecule has 1 fully saturated rings. The fourth-order valence-electron chi connectivity index (χ4n) is 24.6. The molecule has 5 aliphatic rings. The summed E-state index contributed by atoms with van der Waals surface area (Å²) in [5.74, 6) is 4.40. The minimum absolute atomic E-state index is 0.103. The van der Waals surface area contributed by atoms with Crippen molar-refractivity contribution in [3.63, 3.8) is 0 Å². The largest absolute Gasteiger partial charge is 0.489 e. The summed E-state index contributed by atoms with van der Waals surface area (Å²) in [6.07, 6.45) is 7.79. The Bertz CT molecular complexity index is 9600. The third-order valence-electron chi connectivity index (χ3n) is 31.9. The van der Waals surface area contributed by atoms with Gasteiger partial charge in [0.2, 0.25) is 0 Å². The zero-order valence-corrected chi connectivity index (χ0v) is 79.9. The van der Waals surface area contributed by atoms with Gasteiger partial charge in [0.1, 0.15) is 55.9 Å². The van der Waals surface area contributed by atoms with Crippen molar-refractivity contribution in [2.45, 2.75) is 102 Å². The fraction of sp³-hybridized carbons (Fsp3) is 0.132. The number of hydrogen-bond acceptors (Lipinski definition) is 13. The molecule has 0 saturated heterocycles. The molecule has 0 radical (unpaired) electrons. The van der Waals surface area contributed by atoms with E-state index in [9.17, 15) is 0 Å². The molecule has 0 spiro atoms. The van der Waals surface area contributed by atoms with Gasteiger partial charge in [-0.05, 0) is 201 Å². The van der Waals surface area contributed by atoms with Gasteiger partial charge in [0, 0.05) is 126 Å². The van der Waals surface area contributed by atoms with Crippen molar-refractivity contribution in [1.82, 2.24) is 39.9 Å². The van der Waals surface area contributed by atoms with E-state index < -0.39 is 0 Å². The Morgan fingerprint density at radius 2 is 0.937 bits per heavy atom. The van der Waals surface area contributed by atoms with E-state index in [-0.39, 0.29) is 22.3 Å². The molecule has 9 heterocycles. The van der Waals surface area contributed by atoms with Gasteiger partial charge in [0.05, 0.1) is 33.5 Å². The Kier molecular flexibility index (Phi) is 18.9. The number of ether oxygens (including phenoxy) is 1. The molecule has 4 aliphatic carbocycles. The quantitative estimate of drug-likeness (QED) is 0.128. The number of thiophene rings is 1. The average molecular weight is 1850 g/mol. The number of fused-ring (bicyclic) bond motifs is 30. The summed E-state index contributed by atoms with van der Waals surface area (Å²) < 4.78 is 28.0. The maximum atomic E-state index is 6.96. The summed E-state index contributed by atoms with van der Waals surface area (Å²) in [7, 11) is 0. The topological polar surface area (TPSA) is 152 Å². The van der Waals surface area contributed by atoms with Gasteiger partial charge in [-0.1, -0.05) is 320 Å². The summed E-state index contributed by atoms with van der Waals surface area (Å²) in [5, 5.41) is 11.8. The molecule has 1 aliphatic heterocycles. The smallest absolute Gasteiger partial charge is 0.179 e. The summed E-state index contributed by atoms with van der Waals surface area (Å²) in [6, 6.07) is 128. The maximum Gasteiger partial charge on any atom is 0.179 e. The first-order chi connectivity index (χ1) is 69.8. The number of benzene rings is 17. The molecule has 0 amide bonds. The van der Waals surface area contributed by atoms with E-state index in [2.05, 4.69) is 357 Å². The van der Waals surface area contributed by atoms with Gasteiger partial charge < -0.3 is 18.0 Å². The Hall–Kier alpha value is -16.7. The minimum atomic E-state index is -0.357. The second-order valence-electron chi connectivity index (χ2n) is 39.6. The average Bonchev–Trinajstić information content (AvgIpc) is 1.51. The molecule has 0 N–H and O–H groups in total. The van der Waals surface area contributed by atoms with Gasteiger partial charge in [-0.2, -0.15) is 0 Å². The van der Waals surface area contributed by atoms with Crippen molar-refractivity contribution < 1.29 is 18.0 Å². The summed E-state index contributed by atoms with van der Waals surface area (Å²) >= 11 is 1.68. The van der Waals surface area contributed by atoms with Gasteiger partial charge in [-0.3, -0.25) is 0 Å². The summed E-state index contributed by atoms with van der Waals surface area (Å²) in [6.45, 7) is 14.1. The van der Waals surface area contributed by atoms with Crippen LogP contribution in [0.4, 0.5) is 0 Å². The lowest BCUT2D eigenvalue weighted by molar-refractivity contribution is 0.164. The first-order valence-corrected chi connectivity index (χ1v) is 50.4. The van der Waals surface area contributed by atoms with Crippen LogP contribution in [0.25, 0.3) is 232 Å². The molecule has 12 nitrogen and oxygen atoms in total. The number of aromatic nitrogens is 8. The van der Waals surface area contributed by atoms with Crippen LogP contribution in [0.15, 0.2) is 383 Å². The number of para-hydroxylation sites is 4. The molecular weight excluding hydrogens is 1760 g/mol. The van der Waals surface area contributed by atoms with E-state index in [1.807, 2.05) is 54.7 Å². The molecule has 1 saturated carbocycles. The van der Waals surface area contributed by atoms with Crippen LogP contribution in [0.2, 0.25) is 0 Å². The lowest BCUT2D eigenvalue weighted by Gasteiger charge is -2.32. The van der Waals surface area contributed by atoms with Crippen LogP contribution in [0, 0.1) is 5.92 Å². The molecular formula is C129H92N8O4S. The molecule has 0 bridgehead atoms. The van der Waals surface area contributed by atoms with Crippen molar-refractivity contribution in [2.24, 2.45) is 5.92 Å². The highest BCUT2D eigenvalue weighted by molar-refractivity contribution is 7.25. The Labute approximate surface area is 823 Å². The Morgan fingerprint density at radius 3 is 1.75 bits per heavy atom. The van der Waals surface area contributed by atoms with Gasteiger partial charge in [-0.15, -0.1) is 11.3 Å². The Balaban J connectivity index is 0.000000104. The second kappa shape index (κ2) is 32.2. The third kappa shape index (κ3) is 12.5. The molecule has 5 atom stereocenters. The van der Waals surface area contributed by atoms with E-state index in [0.717, 1.165) is 189 Å². The fourth-order valence-corrected chi connectivity index (χ4v) is 25.7. The van der Waals surface area contributed by atoms with Gasteiger partial charge in [0.15, 0.2) is 23.3 Å². The van der Waals surface area contributed by atoms with Crippen LogP contribution >= 0.6 is 11.3 Å². The summed E-state index contributed by atoms with van der Waals surface area (Å²) in [4.78, 5) is 42.4. The molecule has 17 aromatic carbocycles. The van der Waals surface area contributed by atoms with Crippen LogP contribution in [-0.4, -0.2) is 46.0 Å². The molecule has 30 rings (SSSR count). The lowest BCUT2D eigenvalue weighted by Crippen LogP contribution is -2.27. The van der Waals surface area contributed by atoms with Crippen molar-refractivity contribution in [3.05, 3.63) is 415 Å². The van der Waals surface area contributed by atoms with Gasteiger partial charge >= 0.3 is 0 Å². The van der Waals surface area contributed by atoms with E-state index in [1.54, 1.807) is 11.3 Å². The normalized spacial score (nSPS) is 17.3. The SMILES string of the molecule is CC(C)C1(C)c2ccccc2-c2ccc3c(oc4ccc(-c5nc(-c6ncc7ccccc7n6)c6c(n5)sc5ccccc56)cc43)c21.CC1(c2ccccc2)c2ccccc2-c2c(-c3nc(-c4cccc5oc6ccccc6c45)c4ccccc4n3)cc3c(c21)C1CCCCC1O3.CCC1(C)c2ccccc2-c2ccc3oc4c(-c5nc(-c6ccccc6)c6cc(-c7ccccc7)ccc6n5)cccc4c3c21. The molecule has 142 heavy (non-hydrogen) atoms. The number of hydrogen-bond donors (Lipinski definition) is 0. The number of rotatable bonds is 10. The minimum Gasteiger partial charge on any atom is -0.489 e. The lowest BCUT2D eigenvalue weighted by atomic mass is 9.69.